The highest BCUT2D eigenvalue weighted by Gasteiger charge is 2.40. The van der Waals surface area contributed by atoms with Crippen molar-refractivity contribution in [3.8, 4) is 0 Å². The summed E-state index contributed by atoms with van der Waals surface area (Å²) in [4.78, 5) is 11.6. The van der Waals surface area contributed by atoms with Gasteiger partial charge < -0.3 is 19.8 Å². The van der Waals surface area contributed by atoms with Crippen LogP contribution in [0.25, 0.3) is 16.5 Å². The third-order valence-electron chi connectivity index (χ3n) is 4.15. The molecule has 104 valence electrons. The number of nitrogens with zero attached hydrogens (tertiary/aromatic N) is 2. The van der Waals surface area contributed by atoms with Gasteiger partial charge in [0.15, 0.2) is 0 Å². The topological polar surface area (TPSA) is 74.1 Å². The van der Waals surface area contributed by atoms with Gasteiger partial charge in [-0.25, -0.2) is 4.79 Å². The molecule has 20 heavy (non-hydrogen) atoms. The third-order valence-corrected chi connectivity index (χ3v) is 4.15. The molecule has 0 aliphatic heterocycles. The molecule has 5 nitrogen and oxygen atoms in total. The zero-order valence-corrected chi connectivity index (χ0v) is 11.5. The van der Waals surface area contributed by atoms with Crippen molar-refractivity contribution in [3.63, 3.8) is 0 Å². The van der Waals surface area contributed by atoms with Crippen LogP contribution in [0.2, 0.25) is 0 Å². The average Bonchev–Trinajstić information content (AvgIpc) is 2.75. The summed E-state index contributed by atoms with van der Waals surface area (Å²) in [6.07, 6.45) is 2.59. The molecule has 3 rings (SSSR count). The molecule has 5 heteroatoms. The van der Waals surface area contributed by atoms with E-state index in [0.717, 1.165) is 30.2 Å². The molecule has 0 unspecified atom stereocenters. The van der Waals surface area contributed by atoms with Crippen molar-refractivity contribution in [2.24, 2.45) is 5.11 Å². The highest BCUT2D eigenvalue weighted by atomic mass is 16.5. The Labute approximate surface area is 116 Å². The number of carbonyl (C=O) groups excluding carboxylic acids is 1. The molecule has 1 aliphatic carbocycles. The summed E-state index contributed by atoms with van der Waals surface area (Å²) in [6, 6.07) is 5.18. The second kappa shape index (κ2) is 4.44. The van der Waals surface area contributed by atoms with Crippen LogP contribution in [0.15, 0.2) is 27.7 Å². The number of carbonyl (C=O) groups is 1. The van der Waals surface area contributed by atoms with Crippen LogP contribution in [0.1, 0.15) is 40.9 Å². The minimum absolute atomic E-state index is 0.376. The Morgan fingerprint density at radius 3 is 2.75 bits per heavy atom. The van der Waals surface area contributed by atoms with Crippen molar-refractivity contribution in [1.29, 1.82) is 0 Å². The Hall–Kier alpha value is -2.17. The molecule has 0 N–H and O–H groups in total. The van der Waals surface area contributed by atoms with E-state index in [1.165, 1.54) is 7.11 Å². The van der Waals surface area contributed by atoms with Crippen molar-refractivity contribution >= 4 is 16.9 Å². The van der Waals surface area contributed by atoms with Gasteiger partial charge in [-0.3, -0.25) is 0 Å². The average molecular weight is 271 g/mol. The molecular formula is C15H15N2O3-. The molecule has 0 spiro atoms. The molecule has 0 radical (unpaired) electrons. The first-order valence-corrected chi connectivity index (χ1v) is 6.59. The van der Waals surface area contributed by atoms with E-state index in [9.17, 15) is 10.3 Å². The zero-order valence-electron chi connectivity index (χ0n) is 11.5. The van der Waals surface area contributed by atoms with Crippen molar-refractivity contribution < 1.29 is 13.9 Å². The summed E-state index contributed by atoms with van der Waals surface area (Å²) in [7, 11) is 1.36. The summed E-state index contributed by atoms with van der Waals surface area (Å²) in [5.41, 5.74) is 10.8. The first-order chi connectivity index (χ1) is 9.61. The van der Waals surface area contributed by atoms with E-state index in [2.05, 4.69) is 5.11 Å². The normalized spacial score (nSPS) is 16.7. The minimum atomic E-state index is -0.603. The largest absolute Gasteiger partial charge is 0.711 e. The number of furan rings is 1. The maximum Gasteiger partial charge on any atom is 0.337 e. The minimum Gasteiger partial charge on any atom is -0.711 e. The molecular weight excluding hydrogens is 256 g/mol. The Morgan fingerprint density at radius 2 is 2.20 bits per heavy atom. The summed E-state index contributed by atoms with van der Waals surface area (Å²) >= 11 is 0. The van der Waals surface area contributed by atoms with Gasteiger partial charge in [0.05, 0.1) is 18.2 Å². The van der Waals surface area contributed by atoms with Gasteiger partial charge in [-0.1, -0.05) is 0 Å². The predicted molar refractivity (Wildman–Crippen MR) is 73.6 cm³/mol. The van der Waals surface area contributed by atoms with Gasteiger partial charge >= 0.3 is 5.97 Å². The number of ether oxygens (including phenoxy) is 1. The maximum absolute atomic E-state index is 11.6. The van der Waals surface area contributed by atoms with Crippen molar-refractivity contribution in [2.75, 3.05) is 7.11 Å². The van der Waals surface area contributed by atoms with Crippen molar-refractivity contribution in [2.45, 2.75) is 31.7 Å². The van der Waals surface area contributed by atoms with Crippen LogP contribution in [0.5, 0.6) is 0 Å². The summed E-state index contributed by atoms with van der Waals surface area (Å²) in [5.74, 6) is 0.322. The molecule has 1 saturated carbocycles. The second-order valence-electron chi connectivity index (χ2n) is 5.24. The molecule has 1 aromatic carbocycles. The molecule has 0 amide bonds. The fraction of sp³-hybridized carbons (Fsp3) is 0.400. The Morgan fingerprint density at radius 1 is 1.45 bits per heavy atom. The Balaban J connectivity index is 2.15. The number of fused-ring (bicyclic) bond motifs is 1. The number of benzene rings is 1. The van der Waals surface area contributed by atoms with Gasteiger partial charge in [0, 0.05) is 10.9 Å². The van der Waals surface area contributed by atoms with Gasteiger partial charge in [-0.05, 0) is 44.4 Å². The van der Waals surface area contributed by atoms with Crippen molar-refractivity contribution in [3.05, 3.63) is 40.6 Å². The third kappa shape index (κ3) is 1.66. The number of hydrogen-bond donors (Lipinski definition) is 0. The number of esters is 1. The van der Waals surface area contributed by atoms with E-state index >= 15 is 0 Å². The molecule has 2 aromatic rings. The molecule has 0 bridgehead atoms. The van der Waals surface area contributed by atoms with E-state index < -0.39 is 5.54 Å². The van der Waals surface area contributed by atoms with E-state index in [0.29, 0.717) is 16.9 Å². The lowest BCUT2D eigenvalue weighted by molar-refractivity contribution is 0.0601. The van der Waals surface area contributed by atoms with Crippen LogP contribution >= 0.6 is 0 Å². The van der Waals surface area contributed by atoms with Crippen LogP contribution < -0.4 is 0 Å². The summed E-state index contributed by atoms with van der Waals surface area (Å²) in [5, 5.41) is 4.40. The molecule has 1 aliphatic rings. The summed E-state index contributed by atoms with van der Waals surface area (Å²) < 4.78 is 10.6. The number of aryl methyl sites for hydroxylation is 1. The van der Waals surface area contributed by atoms with Crippen LogP contribution in [-0.4, -0.2) is 13.1 Å². The highest BCUT2D eigenvalue weighted by Crippen LogP contribution is 2.48. The predicted octanol–water partition coefficient (Wildman–Crippen LogP) is 3.93. The smallest absolute Gasteiger partial charge is 0.337 e. The first kappa shape index (κ1) is 12.8. The lowest BCUT2D eigenvalue weighted by Gasteiger charge is -2.39. The SMILES string of the molecule is COC(=O)c1ccc2oc(C3(N=[N-])CCC3)c(C)c2c1. The number of rotatable bonds is 3. The van der Waals surface area contributed by atoms with Crippen molar-refractivity contribution in [1.82, 2.24) is 0 Å². The second-order valence-corrected chi connectivity index (χ2v) is 5.24. The van der Waals surface area contributed by atoms with Crippen LogP contribution in [0.3, 0.4) is 0 Å². The van der Waals surface area contributed by atoms with Crippen LogP contribution in [0.4, 0.5) is 0 Å². The molecule has 0 atom stereocenters. The molecule has 1 fully saturated rings. The number of methoxy groups -OCH3 is 1. The lowest BCUT2D eigenvalue weighted by Crippen LogP contribution is -2.31. The van der Waals surface area contributed by atoms with E-state index in [1.54, 1.807) is 18.2 Å². The zero-order chi connectivity index (χ0) is 14.3. The fourth-order valence-corrected chi connectivity index (χ4v) is 2.79. The van der Waals surface area contributed by atoms with Crippen LogP contribution in [0, 0.1) is 6.92 Å². The van der Waals surface area contributed by atoms with E-state index in [1.807, 2.05) is 6.92 Å². The Bertz CT molecular complexity index is 698. The highest BCUT2D eigenvalue weighted by molar-refractivity contribution is 5.95. The molecule has 0 saturated heterocycles. The van der Waals surface area contributed by atoms with E-state index in [4.69, 9.17) is 9.15 Å². The molecule has 1 heterocycles. The summed E-state index contributed by atoms with van der Waals surface area (Å²) in [6.45, 7) is 1.92. The van der Waals surface area contributed by atoms with Crippen LogP contribution in [-0.2, 0) is 10.3 Å². The number of hydrogen-bond acceptors (Lipinski definition) is 4. The van der Waals surface area contributed by atoms with Gasteiger partial charge in [0.25, 0.3) is 0 Å². The quantitative estimate of drug-likeness (QED) is 0.627. The fourth-order valence-electron chi connectivity index (χ4n) is 2.79. The van der Waals surface area contributed by atoms with Gasteiger partial charge in [0.1, 0.15) is 11.3 Å². The van der Waals surface area contributed by atoms with Gasteiger partial charge in [-0.15, -0.1) is 0 Å². The van der Waals surface area contributed by atoms with Gasteiger partial charge in [0.2, 0.25) is 0 Å². The first-order valence-electron chi connectivity index (χ1n) is 6.59. The lowest BCUT2D eigenvalue weighted by atomic mass is 9.74. The van der Waals surface area contributed by atoms with Gasteiger partial charge in [-0.2, -0.15) is 0 Å². The molecule has 1 aromatic heterocycles. The maximum atomic E-state index is 11.6. The monoisotopic (exact) mass is 271 g/mol. The Kier molecular flexibility index (Phi) is 2.85. The van der Waals surface area contributed by atoms with E-state index in [-0.39, 0.29) is 5.97 Å². The standard InChI is InChI=1S/C15H15N2O3/c1-9-11-8-10(14(18)19-2)4-5-12(11)20-13(9)15(17-16)6-3-7-15/h4-5,8H,3,6-7H2,1-2H3/q-1.